The number of ether oxygens (including phenoxy) is 2. The zero-order chi connectivity index (χ0) is 23.3. The summed E-state index contributed by atoms with van der Waals surface area (Å²) < 4.78 is 13.0. The number of allylic oxidation sites excluding steroid dienone is 4. The summed E-state index contributed by atoms with van der Waals surface area (Å²) in [6.45, 7) is 0. The van der Waals surface area contributed by atoms with Crippen LogP contribution in [0.3, 0.4) is 0 Å². The lowest BCUT2D eigenvalue weighted by Crippen LogP contribution is -2.43. The van der Waals surface area contributed by atoms with E-state index in [2.05, 4.69) is 0 Å². The molecule has 0 saturated heterocycles. The average Bonchev–Trinajstić information content (AvgIpc) is 2.79. The van der Waals surface area contributed by atoms with Crippen molar-refractivity contribution in [3.05, 3.63) is 108 Å². The second kappa shape index (κ2) is 9.99. The highest BCUT2D eigenvalue weighted by Gasteiger charge is 2.34. The van der Waals surface area contributed by atoms with Gasteiger partial charge in [0.2, 0.25) is 0 Å². The third-order valence-corrected chi connectivity index (χ3v) is 6.62. The van der Waals surface area contributed by atoms with Crippen molar-refractivity contribution in [2.45, 2.75) is 35.2 Å². The van der Waals surface area contributed by atoms with Crippen LogP contribution in [-0.4, -0.2) is 11.4 Å². The molecular weight excluding hydrogens is 432 g/mol. The van der Waals surface area contributed by atoms with Crippen molar-refractivity contribution in [1.29, 1.82) is 0 Å². The van der Waals surface area contributed by atoms with Crippen molar-refractivity contribution in [2.75, 3.05) is 11.5 Å². The molecule has 0 aromatic heterocycles. The summed E-state index contributed by atoms with van der Waals surface area (Å²) in [5.41, 5.74) is 25.5. The summed E-state index contributed by atoms with van der Waals surface area (Å²) in [5, 5.41) is 0. The van der Waals surface area contributed by atoms with E-state index in [4.69, 9.17) is 32.4 Å². The molecule has 8 N–H and O–H groups in total. The number of hydrogen-bond acceptors (Lipinski definition) is 7. The highest BCUT2D eigenvalue weighted by molar-refractivity contribution is 7.99. The predicted octanol–water partition coefficient (Wildman–Crippen LogP) is 4.66. The Bertz CT molecular complexity index is 1010. The van der Waals surface area contributed by atoms with Gasteiger partial charge in [-0.15, -0.1) is 0 Å². The molecule has 0 bridgehead atoms. The van der Waals surface area contributed by atoms with Gasteiger partial charge >= 0.3 is 0 Å². The molecule has 0 saturated carbocycles. The van der Waals surface area contributed by atoms with Crippen LogP contribution in [0.4, 0.5) is 11.4 Å². The SMILES string of the molecule is Nc1cccc(C(OC2(N)C=CC=CC2)SC(OC2(N)C=CC=CC2)c2cccc(N)c2)c1. The van der Waals surface area contributed by atoms with Crippen LogP contribution in [0.25, 0.3) is 0 Å². The fourth-order valence-corrected chi connectivity index (χ4v) is 4.98. The van der Waals surface area contributed by atoms with Gasteiger partial charge < -0.3 is 20.9 Å². The lowest BCUT2D eigenvalue weighted by atomic mass is 10.1. The largest absolute Gasteiger partial charge is 0.399 e. The molecule has 2 aliphatic rings. The minimum Gasteiger partial charge on any atom is -0.399 e. The number of rotatable bonds is 8. The summed E-state index contributed by atoms with van der Waals surface area (Å²) in [4.78, 5) is 0. The summed E-state index contributed by atoms with van der Waals surface area (Å²) >= 11 is 1.47. The lowest BCUT2D eigenvalue weighted by molar-refractivity contribution is -0.0345. The Balaban J connectivity index is 1.68. The van der Waals surface area contributed by atoms with Gasteiger partial charge in [0, 0.05) is 24.2 Å². The van der Waals surface area contributed by atoms with Crippen LogP contribution < -0.4 is 22.9 Å². The second-order valence-electron chi connectivity index (χ2n) is 8.27. The van der Waals surface area contributed by atoms with Crippen molar-refractivity contribution in [2.24, 2.45) is 11.5 Å². The highest BCUT2D eigenvalue weighted by Crippen LogP contribution is 2.46. The third-order valence-electron chi connectivity index (χ3n) is 5.39. The highest BCUT2D eigenvalue weighted by atomic mass is 32.2. The lowest BCUT2D eigenvalue weighted by Gasteiger charge is -2.36. The van der Waals surface area contributed by atoms with Gasteiger partial charge in [0.1, 0.15) is 22.3 Å². The quantitative estimate of drug-likeness (QED) is 0.332. The van der Waals surface area contributed by atoms with Gasteiger partial charge in [0.25, 0.3) is 0 Å². The predicted molar refractivity (Wildman–Crippen MR) is 137 cm³/mol. The molecule has 0 amide bonds. The number of anilines is 2. The number of benzene rings is 2. The van der Waals surface area contributed by atoms with E-state index in [9.17, 15) is 0 Å². The molecule has 2 aliphatic carbocycles. The fourth-order valence-electron chi connectivity index (χ4n) is 3.68. The molecule has 2 aromatic carbocycles. The summed E-state index contributed by atoms with van der Waals surface area (Å²) in [5.74, 6) is 0. The maximum atomic E-state index is 6.57. The van der Waals surface area contributed by atoms with Crippen molar-refractivity contribution in [1.82, 2.24) is 0 Å². The van der Waals surface area contributed by atoms with Gasteiger partial charge in [-0.25, -0.2) is 0 Å². The maximum Gasteiger partial charge on any atom is 0.141 e. The molecule has 0 radical (unpaired) electrons. The molecule has 7 heteroatoms. The number of nitrogens with two attached hydrogens (primary N) is 4. The minimum absolute atomic E-state index is 0.479. The molecule has 33 heavy (non-hydrogen) atoms. The number of nitrogen functional groups attached to an aromatic ring is 2. The Morgan fingerprint density at radius 3 is 1.52 bits per heavy atom. The van der Waals surface area contributed by atoms with E-state index in [0.717, 1.165) is 11.1 Å². The Labute approximate surface area is 199 Å². The van der Waals surface area contributed by atoms with E-state index in [1.54, 1.807) is 0 Å². The van der Waals surface area contributed by atoms with Gasteiger partial charge in [-0.1, -0.05) is 72.5 Å². The molecular formula is C26H30N4O2S. The summed E-state index contributed by atoms with van der Waals surface area (Å²) in [7, 11) is 0. The first-order chi connectivity index (χ1) is 15.8. The number of hydrogen-bond donors (Lipinski definition) is 4. The molecule has 0 spiro atoms. The molecule has 172 valence electrons. The minimum atomic E-state index is -0.953. The topological polar surface area (TPSA) is 123 Å². The van der Waals surface area contributed by atoms with Crippen LogP contribution in [0.2, 0.25) is 0 Å². The molecule has 6 nitrogen and oxygen atoms in total. The molecule has 2 aromatic rings. The van der Waals surface area contributed by atoms with Crippen LogP contribution in [0, 0.1) is 0 Å². The van der Waals surface area contributed by atoms with Crippen molar-refractivity contribution in [3.63, 3.8) is 0 Å². The molecule has 0 aliphatic heterocycles. The fraction of sp³-hybridized carbons (Fsp3) is 0.231. The summed E-state index contributed by atoms with van der Waals surface area (Å²) in [6.07, 6.45) is 16.5. The normalized spacial score (nSPS) is 25.8. The van der Waals surface area contributed by atoms with Crippen LogP contribution in [0.15, 0.2) is 97.1 Å². The first-order valence-corrected chi connectivity index (χ1v) is 11.8. The van der Waals surface area contributed by atoms with E-state index >= 15 is 0 Å². The van der Waals surface area contributed by atoms with Gasteiger partial charge in [-0.3, -0.25) is 11.5 Å². The van der Waals surface area contributed by atoms with Crippen LogP contribution in [0.5, 0.6) is 0 Å². The molecule has 0 heterocycles. The Kier molecular flexibility index (Phi) is 7.07. The van der Waals surface area contributed by atoms with Crippen LogP contribution in [0.1, 0.15) is 34.8 Å². The molecule has 4 rings (SSSR count). The maximum absolute atomic E-state index is 6.57. The van der Waals surface area contributed by atoms with Crippen LogP contribution >= 0.6 is 11.8 Å². The van der Waals surface area contributed by atoms with Gasteiger partial charge in [0.15, 0.2) is 0 Å². The summed E-state index contributed by atoms with van der Waals surface area (Å²) in [6, 6.07) is 15.2. The van der Waals surface area contributed by atoms with Gasteiger partial charge in [-0.2, -0.15) is 0 Å². The molecule has 4 atom stereocenters. The van der Waals surface area contributed by atoms with Crippen molar-refractivity contribution < 1.29 is 9.47 Å². The van der Waals surface area contributed by atoms with E-state index < -0.39 is 22.3 Å². The van der Waals surface area contributed by atoms with Crippen molar-refractivity contribution in [3.8, 4) is 0 Å². The van der Waals surface area contributed by atoms with Gasteiger partial charge in [0.05, 0.1) is 0 Å². The zero-order valence-corrected chi connectivity index (χ0v) is 19.2. The van der Waals surface area contributed by atoms with Gasteiger partial charge in [-0.05, 0) is 47.5 Å². The molecule has 4 unspecified atom stereocenters. The number of thioether (sulfide) groups is 1. The first kappa shape index (κ1) is 23.4. The van der Waals surface area contributed by atoms with E-state index in [-0.39, 0.29) is 0 Å². The standard InChI is InChI=1S/C26H30N4O2S/c27-21-11-7-9-19(17-21)23(31-25(29)13-3-1-4-14-25)33-24(20-10-8-12-22(28)18-20)32-26(30)15-5-2-6-16-26/h1-13,15,17-18,23-24H,14,16,27-30H2. The Morgan fingerprint density at radius 2 is 1.15 bits per heavy atom. The first-order valence-electron chi connectivity index (χ1n) is 10.8. The van der Waals surface area contributed by atoms with E-state index in [1.165, 1.54) is 11.8 Å². The monoisotopic (exact) mass is 462 g/mol. The second-order valence-corrected chi connectivity index (χ2v) is 9.40. The van der Waals surface area contributed by atoms with Crippen molar-refractivity contribution >= 4 is 23.1 Å². The third kappa shape index (κ3) is 6.16. The molecule has 0 fully saturated rings. The smallest absolute Gasteiger partial charge is 0.141 e. The van der Waals surface area contributed by atoms with E-state index in [0.29, 0.717) is 24.2 Å². The van der Waals surface area contributed by atoms with E-state index in [1.807, 2.05) is 97.1 Å². The Hall–Kier alpha value is -2.81. The average molecular weight is 463 g/mol. The zero-order valence-electron chi connectivity index (χ0n) is 18.3. The Morgan fingerprint density at radius 1 is 0.697 bits per heavy atom. The van der Waals surface area contributed by atoms with Crippen LogP contribution in [-0.2, 0) is 9.47 Å².